The Balaban J connectivity index is 1.74. The largest absolute Gasteiger partial charge is 0.458 e. The van der Waals surface area contributed by atoms with Crippen LogP contribution >= 0.6 is 0 Å². The van der Waals surface area contributed by atoms with Crippen molar-refractivity contribution in [1.82, 2.24) is 9.88 Å². The zero-order valence-corrected chi connectivity index (χ0v) is 9.80. The summed E-state index contributed by atoms with van der Waals surface area (Å²) in [5, 5.41) is 0. The fraction of sp³-hybridized carbons (Fsp3) is 0.500. The third kappa shape index (κ3) is 1.42. The highest BCUT2D eigenvalue weighted by molar-refractivity contribution is 5.72. The molecule has 2 aromatic rings. The molecular weight excluding hydrogens is 212 g/mol. The predicted octanol–water partition coefficient (Wildman–Crippen LogP) is 3.13. The molecule has 2 saturated heterocycles. The van der Waals surface area contributed by atoms with Crippen molar-refractivity contribution in [3.05, 3.63) is 30.2 Å². The maximum absolute atomic E-state index is 5.96. The van der Waals surface area contributed by atoms with Crippen LogP contribution in [0, 0.1) is 0 Å². The topological polar surface area (TPSA) is 29.3 Å². The summed E-state index contributed by atoms with van der Waals surface area (Å²) in [6.45, 7) is 1.24. The van der Waals surface area contributed by atoms with Crippen LogP contribution in [0.1, 0.15) is 37.5 Å². The van der Waals surface area contributed by atoms with Crippen LogP contribution in [-0.4, -0.2) is 22.5 Å². The van der Waals surface area contributed by atoms with E-state index in [1.54, 1.807) is 0 Å². The lowest BCUT2D eigenvalue weighted by atomic mass is 10.1. The second-order valence-electron chi connectivity index (χ2n) is 5.16. The highest BCUT2D eigenvalue weighted by atomic mass is 16.3. The third-order valence-corrected chi connectivity index (χ3v) is 4.23. The van der Waals surface area contributed by atoms with Crippen molar-refractivity contribution in [3.63, 3.8) is 0 Å². The van der Waals surface area contributed by atoms with E-state index in [0.717, 1.165) is 22.9 Å². The van der Waals surface area contributed by atoms with Crippen molar-refractivity contribution in [2.75, 3.05) is 6.54 Å². The average molecular weight is 228 g/mol. The molecule has 3 heteroatoms. The van der Waals surface area contributed by atoms with Gasteiger partial charge in [0.15, 0.2) is 5.58 Å². The van der Waals surface area contributed by atoms with E-state index in [9.17, 15) is 0 Å². The van der Waals surface area contributed by atoms with E-state index in [-0.39, 0.29) is 0 Å². The van der Waals surface area contributed by atoms with Crippen LogP contribution in [0.15, 0.2) is 28.8 Å². The van der Waals surface area contributed by atoms with Gasteiger partial charge in [0, 0.05) is 18.3 Å². The Hall–Kier alpha value is -1.35. The summed E-state index contributed by atoms with van der Waals surface area (Å²) < 4.78 is 5.96. The molecule has 4 rings (SSSR count). The van der Waals surface area contributed by atoms with Gasteiger partial charge in [0.05, 0.1) is 6.04 Å². The highest BCUT2D eigenvalue weighted by Crippen LogP contribution is 2.42. The van der Waals surface area contributed by atoms with Gasteiger partial charge < -0.3 is 4.42 Å². The quantitative estimate of drug-likeness (QED) is 0.751. The van der Waals surface area contributed by atoms with Crippen LogP contribution in [0.5, 0.6) is 0 Å². The fourth-order valence-corrected chi connectivity index (χ4v) is 3.45. The molecule has 2 atom stereocenters. The Bertz CT molecular complexity index is 515. The number of fused-ring (bicyclic) bond motifs is 2. The lowest BCUT2D eigenvalue weighted by Gasteiger charge is -2.21. The SMILES string of the molecule is c1cnc2cc([C@H]3CCC4CCCN43)oc2c1. The standard InChI is InChI=1S/C14H16N2O/c1-4-13-11(15-7-1)9-14(17-13)12-6-5-10-3-2-8-16(10)12/h1,4,7,9-10,12H,2-3,5-6,8H2/t10?,12-/m1/s1. The number of furan rings is 1. The molecule has 0 aliphatic carbocycles. The van der Waals surface area contributed by atoms with Gasteiger partial charge >= 0.3 is 0 Å². The Morgan fingerprint density at radius 2 is 2.29 bits per heavy atom. The molecule has 2 aliphatic heterocycles. The minimum atomic E-state index is 0.497. The van der Waals surface area contributed by atoms with Crippen molar-refractivity contribution in [2.24, 2.45) is 0 Å². The van der Waals surface area contributed by atoms with Gasteiger partial charge in [0.25, 0.3) is 0 Å². The second kappa shape index (κ2) is 3.57. The van der Waals surface area contributed by atoms with Gasteiger partial charge in [-0.05, 0) is 44.4 Å². The third-order valence-electron chi connectivity index (χ3n) is 4.23. The summed E-state index contributed by atoms with van der Waals surface area (Å²) in [4.78, 5) is 6.97. The first-order chi connectivity index (χ1) is 8.42. The van der Waals surface area contributed by atoms with Crippen LogP contribution in [0.3, 0.4) is 0 Å². The number of hydrogen-bond donors (Lipinski definition) is 0. The molecule has 0 amide bonds. The average Bonchev–Trinajstić information content (AvgIpc) is 3.02. The molecule has 0 spiro atoms. The van der Waals surface area contributed by atoms with Gasteiger partial charge in [-0.1, -0.05) is 0 Å². The molecule has 0 radical (unpaired) electrons. The van der Waals surface area contributed by atoms with E-state index >= 15 is 0 Å². The van der Waals surface area contributed by atoms with Gasteiger partial charge in [0.1, 0.15) is 11.3 Å². The Morgan fingerprint density at radius 1 is 1.29 bits per heavy atom. The monoisotopic (exact) mass is 228 g/mol. The molecule has 4 heterocycles. The van der Waals surface area contributed by atoms with Gasteiger partial charge in [0.2, 0.25) is 0 Å². The summed E-state index contributed by atoms with van der Waals surface area (Å²) in [7, 11) is 0. The maximum atomic E-state index is 5.96. The molecule has 2 aliphatic rings. The molecule has 0 bridgehead atoms. The summed E-state index contributed by atoms with van der Waals surface area (Å²) in [6.07, 6.45) is 7.11. The highest BCUT2D eigenvalue weighted by Gasteiger charge is 2.38. The summed E-state index contributed by atoms with van der Waals surface area (Å²) >= 11 is 0. The molecule has 2 fully saturated rings. The molecule has 0 aromatic carbocycles. The molecule has 0 saturated carbocycles. The van der Waals surface area contributed by atoms with Gasteiger partial charge in [-0.15, -0.1) is 0 Å². The Kier molecular flexibility index (Phi) is 2.03. The fourth-order valence-electron chi connectivity index (χ4n) is 3.45. The van der Waals surface area contributed by atoms with E-state index in [0.29, 0.717) is 6.04 Å². The molecule has 2 aromatic heterocycles. The number of hydrogen-bond acceptors (Lipinski definition) is 3. The van der Waals surface area contributed by atoms with E-state index in [1.165, 1.54) is 32.2 Å². The lowest BCUT2D eigenvalue weighted by Crippen LogP contribution is -2.25. The van der Waals surface area contributed by atoms with Crippen molar-refractivity contribution < 1.29 is 4.42 Å². The summed E-state index contributed by atoms with van der Waals surface area (Å²) in [5.41, 5.74) is 1.91. The van der Waals surface area contributed by atoms with Gasteiger partial charge in [-0.3, -0.25) is 9.88 Å². The maximum Gasteiger partial charge on any atom is 0.152 e. The first-order valence-electron chi connectivity index (χ1n) is 6.52. The van der Waals surface area contributed by atoms with Crippen molar-refractivity contribution >= 4 is 11.1 Å². The van der Waals surface area contributed by atoms with Crippen LogP contribution in [-0.2, 0) is 0 Å². The molecule has 3 nitrogen and oxygen atoms in total. The number of aromatic nitrogens is 1. The molecule has 88 valence electrons. The van der Waals surface area contributed by atoms with Gasteiger partial charge in [-0.2, -0.15) is 0 Å². The number of pyridine rings is 1. The smallest absolute Gasteiger partial charge is 0.152 e. The minimum absolute atomic E-state index is 0.497. The normalized spacial score (nSPS) is 28.9. The predicted molar refractivity (Wildman–Crippen MR) is 65.7 cm³/mol. The van der Waals surface area contributed by atoms with Crippen molar-refractivity contribution in [3.8, 4) is 0 Å². The Labute approximate surface area is 100 Å². The van der Waals surface area contributed by atoms with Crippen LogP contribution in [0.25, 0.3) is 11.1 Å². The van der Waals surface area contributed by atoms with Crippen molar-refractivity contribution in [1.29, 1.82) is 0 Å². The van der Waals surface area contributed by atoms with Crippen molar-refractivity contribution in [2.45, 2.75) is 37.8 Å². The molecule has 1 unspecified atom stereocenters. The van der Waals surface area contributed by atoms with E-state index in [1.807, 2.05) is 18.3 Å². The Morgan fingerprint density at radius 3 is 3.24 bits per heavy atom. The zero-order valence-electron chi connectivity index (χ0n) is 9.80. The van der Waals surface area contributed by atoms with E-state index in [2.05, 4.69) is 16.0 Å². The first kappa shape index (κ1) is 9.66. The first-order valence-corrected chi connectivity index (χ1v) is 6.52. The molecular formula is C14H16N2O. The number of nitrogens with zero attached hydrogens (tertiary/aromatic N) is 2. The minimum Gasteiger partial charge on any atom is -0.458 e. The lowest BCUT2D eigenvalue weighted by molar-refractivity contribution is 0.225. The van der Waals surface area contributed by atoms with E-state index in [4.69, 9.17) is 4.42 Å². The summed E-state index contributed by atoms with van der Waals surface area (Å²) in [5.74, 6) is 1.11. The zero-order chi connectivity index (χ0) is 11.2. The van der Waals surface area contributed by atoms with Crippen LogP contribution in [0.2, 0.25) is 0 Å². The number of rotatable bonds is 1. The van der Waals surface area contributed by atoms with Crippen LogP contribution < -0.4 is 0 Å². The van der Waals surface area contributed by atoms with E-state index < -0.39 is 0 Å². The second-order valence-corrected chi connectivity index (χ2v) is 5.16. The molecule has 0 N–H and O–H groups in total. The van der Waals surface area contributed by atoms with Gasteiger partial charge in [-0.25, -0.2) is 0 Å². The molecule has 17 heavy (non-hydrogen) atoms. The summed E-state index contributed by atoms with van der Waals surface area (Å²) in [6, 6.07) is 7.36. The van der Waals surface area contributed by atoms with Crippen LogP contribution in [0.4, 0.5) is 0 Å².